The molecule has 0 aliphatic carbocycles. The lowest BCUT2D eigenvalue weighted by Gasteiger charge is -2.07. The Morgan fingerprint density at radius 3 is 3.10 bits per heavy atom. The number of rotatable bonds is 6. The molecule has 0 atom stereocenters. The van der Waals surface area contributed by atoms with E-state index in [4.69, 9.17) is 10.5 Å². The smallest absolute Gasteiger partial charge is 0.205 e. The molecule has 1 heterocycles. The third-order valence-corrected chi connectivity index (χ3v) is 3.08. The van der Waals surface area contributed by atoms with E-state index in [1.54, 1.807) is 11.4 Å². The molecule has 5 nitrogen and oxygen atoms in total. The number of thiazole rings is 1. The standard InChI is InChI=1S/C13H15FN4OS/c1-2-5-19-11-4-3-10(14)6-9(11)7-16-18-13-17-12(15)8-20-13/h3-4,6-8H,2,5,15H2,1H3,(H,17,18). The van der Waals surface area contributed by atoms with Crippen LogP contribution < -0.4 is 15.9 Å². The largest absolute Gasteiger partial charge is 0.493 e. The van der Waals surface area contributed by atoms with Crippen LogP contribution >= 0.6 is 11.3 Å². The van der Waals surface area contributed by atoms with Gasteiger partial charge in [-0.25, -0.2) is 9.37 Å². The quantitative estimate of drug-likeness (QED) is 0.634. The minimum atomic E-state index is -0.339. The summed E-state index contributed by atoms with van der Waals surface area (Å²) in [6.45, 7) is 2.58. The molecule has 2 aromatic rings. The Kier molecular flexibility index (Phi) is 4.89. The van der Waals surface area contributed by atoms with Crippen LogP contribution in [0.1, 0.15) is 18.9 Å². The van der Waals surface area contributed by atoms with Crippen LogP contribution in [0.2, 0.25) is 0 Å². The normalized spacial score (nSPS) is 10.9. The maximum absolute atomic E-state index is 13.3. The fourth-order valence-electron chi connectivity index (χ4n) is 1.46. The van der Waals surface area contributed by atoms with Gasteiger partial charge in [0.05, 0.1) is 12.8 Å². The highest BCUT2D eigenvalue weighted by Gasteiger charge is 2.03. The molecule has 0 radical (unpaired) electrons. The summed E-state index contributed by atoms with van der Waals surface area (Å²) >= 11 is 1.34. The van der Waals surface area contributed by atoms with Crippen molar-refractivity contribution in [2.24, 2.45) is 5.10 Å². The monoisotopic (exact) mass is 294 g/mol. The van der Waals surface area contributed by atoms with Crippen LogP contribution in [0.25, 0.3) is 0 Å². The summed E-state index contributed by atoms with van der Waals surface area (Å²) in [6.07, 6.45) is 2.37. The van der Waals surface area contributed by atoms with Crippen molar-refractivity contribution in [1.29, 1.82) is 0 Å². The predicted octanol–water partition coefficient (Wildman–Crippen LogP) is 3.10. The minimum Gasteiger partial charge on any atom is -0.493 e. The minimum absolute atomic E-state index is 0.339. The third kappa shape index (κ3) is 3.92. The van der Waals surface area contributed by atoms with Gasteiger partial charge in [-0.3, -0.25) is 5.43 Å². The van der Waals surface area contributed by atoms with Gasteiger partial charge in [0.15, 0.2) is 0 Å². The van der Waals surface area contributed by atoms with Gasteiger partial charge in [0, 0.05) is 10.9 Å². The average Bonchev–Trinajstić information content (AvgIpc) is 2.84. The van der Waals surface area contributed by atoms with Gasteiger partial charge >= 0.3 is 0 Å². The van der Waals surface area contributed by atoms with Crippen LogP contribution in [0, 0.1) is 5.82 Å². The Bertz CT molecular complexity index is 600. The first-order valence-electron chi connectivity index (χ1n) is 6.11. The molecule has 0 saturated carbocycles. The Labute approximate surface area is 120 Å². The second-order valence-corrected chi connectivity index (χ2v) is 4.84. The van der Waals surface area contributed by atoms with Crippen LogP contribution in [0.15, 0.2) is 28.7 Å². The Hall–Kier alpha value is -2.15. The molecule has 0 saturated heterocycles. The highest BCUT2D eigenvalue weighted by atomic mass is 32.1. The van der Waals surface area contributed by atoms with Crippen LogP contribution in [0.3, 0.4) is 0 Å². The number of hydrogen-bond donors (Lipinski definition) is 2. The molecule has 0 unspecified atom stereocenters. The van der Waals surface area contributed by atoms with E-state index in [1.165, 1.54) is 29.7 Å². The summed E-state index contributed by atoms with van der Waals surface area (Å²) in [7, 11) is 0. The van der Waals surface area contributed by atoms with Crippen LogP contribution in [0.5, 0.6) is 5.75 Å². The summed E-state index contributed by atoms with van der Waals surface area (Å²) in [6, 6.07) is 4.32. The number of ether oxygens (including phenoxy) is 1. The first-order chi connectivity index (χ1) is 9.69. The highest BCUT2D eigenvalue weighted by Crippen LogP contribution is 2.19. The van der Waals surface area contributed by atoms with E-state index in [9.17, 15) is 4.39 Å². The van der Waals surface area contributed by atoms with E-state index in [0.29, 0.717) is 28.9 Å². The average molecular weight is 294 g/mol. The van der Waals surface area contributed by atoms with Crippen molar-refractivity contribution in [1.82, 2.24) is 4.98 Å². The molecule has 7 heteroatoms. The zero-order valence-electron chi connectivity index (χ0n) is 11.0. The number of benzene rings is 1. The van der Waals surface area contributed by atoms with Crippen molar-refractivity contribution in [2.75, 3.05) is 17.8 Å². The van der Waals surface area contributed by atoms with Crippen LogP contribution in [0.4, 0.5) is 15.3 Å². The van der Waals surface area contributed by atoms with E-state index in [0.717, 1.165) is 6.42 Å². The number of nitrogens with zero attached hydrogens (tertiary/aromatic N) is 2. The maximum atomic E-state index is 13.3. The number of hydrogen-bond acceptors (Lipinski definition) is 6. The topological polar surface area (TPSA) is 72.5 Å². The Balaban J connectivity index is 2.08. The van der Waals surface area contributed by atoms with Crippen molar-refractivity contribution >= 4 is 28.5 Å². The number of hydrazone groups is 1. The van der Waals surface area contributed by atoms with E-state index < -0.39 is 0 Å². The van der Waals surface area contributed by atoms with Gasteiger partial charge in [-0.05, 0) is 24.6 Å². The van der Waals surface area contributed by atoms with Crippen LogP contribution in [-0.2, 0) is 0 Å². The van der Waals surface area contributed by atoms with Crippen molar-refractivity contribution in [3.05, 3.63) is 35.0 Å². The molecule has 0 aliphatic heterocycles. The molecule has 0 bridgehead atoms. The molecule has 1 aromatic heterocycles. The molecule has 20 heavy (non-hydrogen) atoms. The second kappa shape index (κ2) is 6.85. The van der Waals surface area contributed by atoms with E-state index in [1.807, 2.05) is 6.92 Å². The number of nitrogen functional groups attached to an aromatic ring is 1. The van der Waals surface area contributed by atoms with Gasteiger partial charge in [0.25, 0.3) is 0 Å². The van der Waals surface area contributed by atoms with Crippen molar-refractivity contribution in [3.8, 4) is 5.75 Å². The molecule has 0 fully saturated rings. The molecule has 2 rings (SSSR count). The third-order valence-electron chi connectivity index (χ3n) is 2.32. The summed E-state index contributed by atoms with van der Waals surface area (Å²) in [5.41, 5.74) is 8.80. The molecule has 0 aliphatic rings. The summed E-state index contributed by atoms with van der Waals surface area (Å²) < 4.78 is 18.8. The van der Waals surface area contributed by atoms with Crippen LogP contribution in [-0.4, -0.2) is 17.8 Å². The van der Waals surface area contributed by atoms with Gasteiger partial charge in [-0.1, -0.05) is 6.92 Å². The maximum Gasteiger partial charge on any atom is 0.205 e. The molecule has 1 aromatic carbocycles. The summed E-state index contributed by atoms with van der Waals surface area (Å²) in [5, 5.41) is 6.29. The highest BCUT2D eigenvalue weighted by molar-refractivity contribution is 7.14. The number of anilines is 2. The molecule has 0 spiro atoms. The van der Waals surface area contributed by atoms with Gasteiger partial charge in [-0.15, -0.1) is 11.3 Å². The lowest BCUT2D eigenvalue weighted by atomic mass is 10.2. The lowest BCUT2D eigenvalue weighted by molar-refractivity contribution is 0.316. The fraction of sp³-hybridized carbons (Fsp3) is 0.231. The molecular formula is C13H15FN4OS. The second-order valence-electron chi connectivity index (χ2n) is 3.98. The summed E-state index contributed by atoms with van der Waals surface area (Å²) in [4.78, 5) is 4.00. The van der Waals surface area contributed by atoms with E-state index in [-0.39, 0.29) is 5.82 Å². The Morgan fingerprint density at radius 2 is 2.40 bits per heavy atom. The Morgan fingerprint density at radius 1 is 1.55 bits per heavy atom. The van der Waals surface area contributed by atoms with Gasteiger partial charge in [-0.2, -0.15) is 5.10 Å². The van der Waals surface area contributed by atoms with Gasteiger partial charge < -0.3 is 10.5 Å². The predicted molar refractivity (Wildman–Crippen MR) is 79.9 cm³/mol. The SMILES string of the molecule is CCCOc1ccc(F)cc1C=NNc1nc(N)cs1. The van der Waals surface area contributed by atoms with Crippen molar-refractivity contribution in [2.45, 2.75) is 13.3 Å². The first-order valence-corrected chi connectivity index (χ1v) is 6.99. The van der Waals surface area contributed by atoms with E-state index >= 15 is 0 Å². The van der Waals surface area contributed by atoms with E-state index in [2.05, 4.69) is 15.5 Å². The molecule has 106 valence electrons. The number of halogens is 1. The summed E-state index contributed by atoms with van der Waals surface area (Å²) in [5.74, 6) is 0.691. The zero-order chi connectivity index (χ0) is 14.4. The van der Waals surface area contributed by atoms with Gasteiger partial charge in [0.2, 0.25) is 5.13 Å². The molecular weight excluding hydrogens is 279 g/mol. The fourth-order valence-corrected chi connectivity index (χ4v) is 2.01. The number of aromatic nitrogens is 1. The van der Waals surface area contributed by atoms with Gasteiger partial charge in [0.1, 0.15) is 17.4 Å². The first kappa shape index (κ1) is 14.3. The molecule has 3 N–H and O–H groups in total. The van der Waals surface area contributed by atoms with Crippen molar-refractivity contribution in [3.63, 3.8) is 0 Å². The lowest BCUT2D eigenvalue weighted by Crippen LogP contribution is -2.00. The number of nitrogens with one attached hydrogen (secondary N) is 1. The number of nitrogens with two attached hydrogens (primary N) is 1. The van der Waals surface area contributed by atoms with Crippen molar-refractivity contribution < 1.29 is 9.13 Å². The molecule has 0 amide bonds. The zero-order valence-corrected chi connectivity index (χ0v) is 11.8.